The van der Waals surface area contributed by atoms with E-state index in [-0.39, 0.29) is 11.8 Å². The highest BCUT2D eigenvalue weighted by Crippen LogP contribution is 2.13. The summed E-state index contributed by atoms with van der Waals surface area (Å²) in [4.78, 5) is 37.4. The van der Waals surface area contributed by atoms with Crippen LogP contribution in [0, 0.1) is 0 Å². The molecule has 0 bridgehead atoms. The summed E-state index contributed by atoms with van der Waals surface area (Å²) < 4.78 is 4.67. The van der Waals surface area contributed by atoms with E-state index in [4.69, 9.17) is 0 Å². The third-order valence-corrected chi connectivity index (χ3v) is 5.09. The molecule has 0 saturated carbocycles. The van der Waals surface area contributed by atoms with Crippen LogP contribution in [0.1, 0.15) is 25.6 Å². The van der Waals surface area contributed by atoms with E-state index < -0.39 is 12.0 Å². The van der Waals surface area contributed by atoms with Gasteiger partial charge < -0.3 is 15.4 Å². The molecule has 1 aromatic heterocycles. The molecule has 2 amide bonds. The van der Waals surface area contributed by atoms with Crippen LogP contribution in [0.2, 0.25) is 0 Å². The van der Waals surface area contributed by atoms with Crippen molar-refractivity contribution in [2.45, 2.75) is 12.5 Å². The second-order valence-corrected chi connectivity index (χ2v) is 7.20. The van der Waals surface area contributed by atoms with Crippen LogP contribution in [0.25, 0.3) is 0 Å². The van der Waals surface area contributed by atoms with E-state index in [1.807, 2.05) is 35.7 Å². The Morgan fingerprint density at radius 3 is 2.31 bits per heavy atom. The fourth-order valence-electron chi connectivity index (χ4n) is 2.73. The van der Waals surface area contributed by atoms with Crippen LogP contribution < -0.4 is 10.6 Å². The number of methoxy groups -OCH3 is 1. The van der Waals surface area contributed by atoms with Crippen molar-refractivity contribution in [2.75, 3.05) is 12.4 Å². The first-order valence-electron chi connectivity index (χ1n) is 8.94. The molecule has 6 nitrogen and oxygen atoms in total. The smallest absolute Gasteiger partial charge is 0.337 e. The molecule has 148 valence electrons. The summed E-state index contributed by atoms with van der Waals surface area (Å²) in [5.41, 5.74) is 1.84. The Morgan fingerprint density at radius 2 is 1.69 bits per heavy atom. The Kier molecular flexibility index (Phi) is 6.76. The molecule has 1 heterocycles. The number of hydrogen-bond acceptors (Lipinski definition) is 5. The fraction of sp³-hybridized carbons (Fsp3) is 0.136. The van der Waals surface area contributed by atoms with Gasteiger partial charge in [0.2, 0.25) is 5.91 Å². The molecule has 0 spiro atoms. The molecule has 0 radical (unpaired) electrons. The van der Waals surface area contributed by atoms with Crippen LogP contribution in [-0.4, -0.2) is 30.9 Å². The Morgan fingerprint density at radius 1 is 0.966 bits per heavy atom. The molecule has 3 rings (SSSR count). The van der Waals surface area contributed by atoms with Crippen molar-refractivity contribution in [1.82, 2.24) is 5.32 Å². The van der Waals surface area contributed by atoms with Gasteiger partial charge in [-0.05, 0) is 41.3 Å². The summed E-state index contributed by atoms with van der Waals surface area (Å²) in [5.74, 6) is -1.09. The Bertz CT molecular complexity index is 970. The summed E-state index contributed by atoms with van der Waals surface area (Å²) in [5, 5.41) is 7.42. The first-order chi connectivity index (χ1) is 14.1. The van der Waals surface area contributed by atoms with Crippen molar-refractivity contribution in [3.63, 3.8) is 0 Å². The fourth-order valence-corrected chi connectivity index (χ4v) is 3.36. The molecular weight excluding hydrogens is 388 g/mol. The third kappa shape index (κ3) is 5.52. The minimum atomic E-state index is -0.757. The molecule has 0 aliphatic carbocycles. The standard InChI is InChI=1S/C22H20N2O4S/c1-28-22(27)16-9-11-17(12-10-16)23-20(25)18(14-15-6-3-2-4-7-15)24-21(26)19-8-5-13-29-19/h2-13,18H,14H2,1H3,(H,23,25)(H,24,26). The number of carbonyl (C=O) groups excluding carboxylic acids is 3. The molecule has 2 N–H and O–H groups in total. The highest BCUT2D eigenvalue weighted by atomic mass is 32.1. The van der Waals surface area contributed by atoms with Gasteiger partial charge in [-0.3, -0.25) is 9.59 Å². The minimum Gasteiger partial charge on any atom is -0.465 e. The van der Waals surface area contributed by atoms with E-state index in [2.05, 4.69) is 15.4 Å². The summed E-state index contributed by atoms with van der Waals surface area (Å²) in [6.45, 7) is 0. The van der Waals surface area contributed by atoms with Gasteiger partial charge in [-0.25, -0.2) is 4.79 Å². The summed E-state index contributed by atoms with van der Waals surface area (Å²) >= 11 is 1.31. The van der Waals surface area contributed by atoms with Crippen molar-refractivity contribution in [2.24, 2.45) is 0 Å². The first-order valence-corrected chi connectivity index (χ1v) is 9.82. The van der Waals surface area contributed by atoms with Crippen molar-refractivity contribution in [3.8, 4) is 0 Å². The van der Waals surface area contributed by atoms with Crippen LogP contribution >= 0.6 is 11.3 Å². The molecule has 1 atom stereocenters. The highest BCUT2D eigenvalue weighted by molar-refractivity contribution is 7.12. The topological polar surface area (TPSA) is 84.5 Å². The molecule has 29 heavy (non-hydrogen) atoms. The van der Waals surface area contributed by atoms with Gasteiger partial charge in [0.25, 0.3) is 5.91 Å². The lowest BCUT2D eigenvalue weighted by Gasteiger charge is -2.18. The van der Waals surface area contributed by atoms with Gasteiger partial charge in [-0.2, -0.15) is 0 Å². The van der Waals surface area contributed by atoms with E-state index in [0.717, 1.165) is 5.56 Å². The quantitative estimate of drug-likeness (QED) is 0.586. The van der Waals surface area contributed by atoms with Crippen molar-refractivity contribution < 1.29 is 19.1 Å². The predicted octanol–water partition coefficient (Wildman–Crippen LogP) is 3.51. The van der Waals surface area contributed by atoms with E-state index in [1.54, 1.807) is 36.4 Å². The van der Waals surface area contributed by atoms with Gasteiger partial charge in [0.05, 0.1) is 17.6 Å². The monoisotopic (exact) mass is 408 g/mol. The number of nitrogens with one attached hydrogen (secondary N) is 2. The Labute approximate surface area is 172 Å². The average Bonchev–Trinajstić information content (AvgIpc) is 3.29. The van der Waals surface area contributed by atoms with Crippen molar-refractivity contribution in [3.05, 3.63) is 88.1 Å². The van der Waals surface area contributed by atoms with Crippen LogP contribution in [0.5, 0.6) is 0 Å². The summed E-state index contributed by atoms with van der Waals surface area (Å²) in [6.07, 6.45) is 0.351. The van der Waals surface area contributed by atoms with E-state index >= 15 is 0 Å². The van der Waals surface area contributed by atoms with Gasteiger partial charge in [-0.15, -0.1) is 11.3 Å². The molecule has 7 heteroatoms. The van der Waals surface area contributed by atoms with Gasteiger partial charge in [0.15, 0.2) is 0 Å². The maximum atomic E-state index is 12.9. The van der Waals surface area contributed by atoms with E-state index in [1.165, 1.54) is 18.4 Å². The number of rotatable bonds is 7. The number of ether oxygens (including phenoxy) is 1. The molecule has 0 aliphatic heterocycles. The molecule has 0 saturated heterocycles. The number of carbonyl (C=O) groups is 3. The van der Waals surface area contributed by atoms with Crippen molar-refractivity contribution >= 4 is 34.8 Å². The van der Waals surface area contributed by atoms with Crippen LogP contribution in [0.3, 0.4) is 0 Å². The minimum absolute atomic E-state index is 0.294. The predicted molar refractivity (Wildman–Crippen MR) is 112 cm³/mol. The summed E-state index contributed by atoms with van der Waals surface area (Å²) in [6, 6.07) is 18.6. The van der Waals surface area contributed by atoms with Gasteiger partial charge in [-0.1, -0.05) is 36.4 Å². The number of anilines is 1. The number of esters is 1. The zero-order chi connectivity index (χ0) is 20.6. The first kappa shape index (κ1) is 20.3. The normalized spacial score (nSPS) is 11.3. The Hall–Kier alpha value is -3.45. The lowest BCUT2D eigenvalue weighted by molar-refractivity contribution is -0.118. The largest absolute Gasteiger partial charge is 0.465 e. The van der Waals surface area contributed by atoms with Crippen LogP contribution in [0.4, 0.5) is 5.69 Å². The van der Waals surface area contributed by atoms with Crippen molar-refractivity contribution in [1.29, 1.82) is 0 Å². The lowest BCUT2D eigenvalue weighted by Crippen LogP contribution is -2.45. The number of benzene rings is 2. The molecular formula is C22H20N2O4S. The molecule has 3 aromatic rings. The second kappa shape index (κ2) is 9.66. The lowest BCUT2D eigenvalue weighted by atomic mass is 10.0. The summed E-state index contributed by atoms with van der Waals surface area (Å²) in [7, 11) is 1.31. The molecule has 2 aromatic carbocycles. The average molecular weight is 408 g/mol. The van der Waals surface area contributed by atoms with Gasteiger partial charge in [0, 0.05) is 12.1 Å². The molecule has 1 unspecified atom stereocenters. The SMILES string of the molecule is COC(=O)c1ccc(NC(=O)C(Cc2ccccc2)NC(=O)c2cccs2)cc1. The Balaban J connectivity index is 1.74. The van der Waals surface area contributed by atoms with Crippen LogP contribution in [0.15, 0.2) is 72.1 Å². The van der Waals surface area contributed by atoms with E-state index in [9.17, 15) is 14.4 Å². The number of amides is 2. The maximum Gasteiger partial charge on any atom is 0.337 e. The van der Waals surface area contributed by atoms with Gasteiger partial charge >= 0.3 is 5.97 Å². The second-order valence-electron chi connectivity index (χ2n) is 6.25. The maximum absolute atomic E-state index is 12.9. The zero-order valence-corrected chi connectivity index (χ0v) is 16.6. The van der Waals surface area contributed by atoms with E-state index in [0.29, 0.717) is 22.5 Å². The number of thiophene rings is 1. The van der Waals surface area contributed by atoms with Gasteiger partial charge in [0.1, 0.15) is 6.04 Å². The molecule has 0 fully saturated rings. The zero-order valence-electron chi connectivity index (χ0n) is 15.8. The van der Waals surface area contributed by atoms with Crippen LogP contribution in [-0.2, 0) is 16.0 Å². The third-order valence-electron chi connectivity index (χ3n) is 4.22. The molecule has 0 aliphatic rings. The number of hydrogen-bond donors (Lipinski definition) is 2. The highest BCUT2D eigenvalue weighted by Gasteiger charge is 2.22.